The summed E-state index contributed by atoms with van der Waals surface area (Å²) in [6.45, 7) is 7.46. The molecule has 0 saturated carbocycles. The summed E-state index contributed by atoms with van der Waals surface area (Å²) < 4.78 is 0. The Morgan fingerprint density at radius 2 is 2.10 bits per heavy atom. The van der Waals surface area contributed by atoms with Crippen LogP contribution in [0, 0.1) is 12.8 Å². The number of phenols is 1. The van der Waals surface area contributed by atoms with Crippen LogP contribution < -0.4 is 5.32 Å². The van der Waals surface area contributed by atoms with E-state index in [1.54, 1.807) is 6.07 Å². The molecule has 1 aliphatic heterocycles. The quantitative estimate of drug-likeness (QED) is 0.880. The third-order valence-electron chi connectivity index (χ3n) is 3.84. The van der Waals surface area contributed by atoms with E-state index in [9.17, 15) is 9.90 Å². The number of hydrogen-bond acceptors (Lipinski definition) is 3. The Morgan fingerprint density at radius 3 is 2.75 bits per heavy atom. The first-order chi connectivity index (χ1) is 9.56. The van der Waals surface area contributed by atoms with Crippen molar-refractivity contribution >= 4 is 5.91 Å². The van der Waals surface area contributed by atoms with Crippen LogP contribution in [0.2, 0.25) is 0 Å². The minimum Gasteiger partial charge on any atom is -0.508 e. The molecule has 20 heavy (non-hydrogen) atoms. The molecule has 1 heterocycles. The first-order valence-electron chi connectivity index (χ1n) is 7.33. The van der Waals surface area contributed by atoms with Gasteiger partial charge in [-0.3, -0.25) is 4.79 Å². The molecule has 0 aromatic heterocycles. The summed E-state index contributed by atoms with van der Waals surface area (Å²) in [5, 5.41) is 12.8. The zero-order chi connectivity index (χ0) is 14.5. The van der Waals surface area contributed by atoms with Crippen molar-refractivity contribution in [3.63, 3.8) is 0 Å². The highest BCUT2D eigenvalue weighted by Crippen LogP contribution is 2.20. The highest BCUT2D eigenvalue weighted by Gasteiger charge is 2.18. The van der Waals surface area contributed by atoms with Gasteiger partial charge in [-0.1, -0.05) is 19.1 Å². The Labute approximate surface area is 120 Å². The highest BCUT2D eigenvalue weighted by molar-refractivity contribution is 5.76. The van der Waals surface area contributed by atoms with E-state index >= 15 is 0 Å². The Kier molecular flexibility index (Phi) is 5.01. The number of phenolic OH excluding ortho intramolecular Hbond substituents is 1. The van der Waals surface area contributed by atoms with Crippen molar-refractivity contribution in [3.05, 3.63) is 29.3 Å². The molecule has 1 unspecified atom stereocenters. The zero-order valence-electron chi connectivity index (χ0n) is 12.4. The fraction of sp³-hybridized carbons (Fsp3) is 0.562. The molecule has 4 heteroatoms. The molecule has 0 aliphatic carbocycles. The largest absolute Gasteiger partial charge is 0.508 e. The number of benzene rings is 1. The summed E-state index contributed by atoms with van der Waals surface area (Å²) in [5.41, 5.74) is 2.07. The Hall–Kier alpha value is -1.55. The molecular weight excluding hydrogens is 252 g/mol. The molecule has 2 rings (SSSR count). The van der Waals surface area contributed by atoms with Crippen molar-refractivity contribution in [1.29, 1.82) is 0 Å². The van der Waals surface area contributed by atoms with Crippen LogP contribution >= 0.6 is 0 Å². The average molecular weight is 276 g/mol. The van der Waals surface area contributed by atoms with Gasteiger partial charge in [-0.15, -0.1) is 0 Å². The van der Waals surface area contributed by atoms with Crippen LogP contribution in [0.3, 0.4) is 0 Å². The third-order valence-corrected chi connectivity index (χ3v) is 3.84. The molecule has 1 atom stereocenters. The van der Waals surface area contributed by atoms with Crippen LogP contribution in [0.1, 0.15) is 24.5 Å². The van der Waals surface area contributed by atoms with E-state index in [0.717, 1.165) is 38.2 Å². The molecule has 1 aromatic rings. The van der Waals surface area contributed by atoms with Crippen molar-refractivity contribution in [2.45, 2.75) is 26.7 Å². The van der Waals surface area contributed by atoms with Crippen LogP contribution in [0.15, 0.2) is 18.2 Å². The second-order valence-electron chi connectivity index (χ2n) is 5.77. The van der Waals surface area contributed by atoms with Crippen molar-refractivity contribution < 1.29 is 9.90 Å². The van der Waals surface area contributed by atoms with Gasteiger partial charge in [0, 0.05) is 32.6 Å². The molecule has 0 radical (unpaired) electrons. The molecule has 1 aromatic carbocycles. The lowest BCUT2D eigenvalue weighted by Crippen LogP contribution is -2.46. The molecule has 1 amide bonds. The number of carbonyl (C=O) groups is 1. The predicted octanol–water partition coefficient (Wildman–Crippen LogP) is 1.70. The van der Waals surface area contributed by atoms with Crippen LogP contribution in [-0.4, -0.2) is 42.1 Å². The van der Waals surface area contributed by atoms with Gasteiger partial charge >= 0.3 is 0 Å². The lowest BCUT2D eigenvalue weighted by molar-refractivity contribution is -0.132. The number of piperazine rings is 1. The van der Waals surface area contributed by atoms with Crippen LogP contribution in [0.25, 0.3) is 0 Å². The number of nitrogens with one attached hydrogen (secondary N) is 1. The summed E-state index contributed by atoms with van der Waals surface area (Å²) in [5.74, 6) is 0.911. The van der Waals surface area contributed by atoms with Gasteiger partial charge in [-0.2, -0.15) is 0 Å². The fourth-order valence-electron chi connectivity index (χ4n) is 2.66. The second-order valence-corrected chi connectivity index (χ2v) is 5.77. The molecule has 1 aliphatic rings. The number of nitrogens with zero attached hydrogens (tertiary/aromatic N) is 1. The summed E-state index contributed by atoms with van der Waals surface area (Å²) in [4.78, 5) is 14.1. The summed E-state index contributed by atoms with van der Waals surface area (Å²) in [7, 11) is 0. The maximum Gasteiger partial charge on any atom is 0.222 e. The monoisotopic (exact) mass is 276 g/mol. The molecular formula is C16H24N2O2. The zero-order valence-corrected chi connectivity index (χ0v) is 12.4. The second kappa shape index (κ2) is 6.75. The number of amides is 1. The van der Waals surface area contributed by atoms with E-state index in [1.165, 1.54) is 5.56 Å². The lowest BCUT2D eigenvalue weighted by atomic mass is 9.96. The van der Waals surface area contributed by atoms with Gasteiger partial charge < -0.3 is 15.3 Å². The van der Waals surface area contributed by atoms with Crippen LogP contribution in [0.4, 0.5) is 0 Å². The number of rotatable bonds is 4. The van der Waals surface area contributed by atoms with Gasteiger partial charge in [-0.25, -0.2) is 0 Å². The van der Waals surface area contributed by atoms with E-state index in [0.29, 0.717) is 18.1 Å². The highest BCUT2D eigenvalue weighted by atomic mass is 16.3. The van der Waals surface area contributed by atoms with Crippen LogP contribution in [-0.2, 0) is 11.2 Å². The van der Waals surface area contributed by atoms with E-state index < -0.39 is 0 Å². The van der Waals surface area contributed by atoms with Gasteiger partial charge in [0.2, 0.25) is 5.91 Å². The number of carbonyl (C=O) groups excluding carboxylic acids is 1. The normalized spacial score (nSPS) is 17.0. The number of aromatic hydroxyl groups is 1. The Morgan fingerprint density at radius 1 is 1.40 bits per heavy atom. The smallest absolute Gasteiger partial charge is 0.222 e. The SMILES string of the molecule is Cc1cc(CC(C)CC(=O)N2CCNCC2)ccc1O. The number of aryl methyl sites for hydroxylation is 1. The van der Waals surface area contributed by atoms with Crippen molar-refractivity contribution in [2.75, 3.05) is 26.2 Å². The van der Waals surface area contributed by atoms with Gasteiger partial charge in [0.25, 0.3) is 0 Å². The first-order valence-corrected chi connectivity index (χ1v) is 7.33. The van der Waals surface area contributed by atoms with Gasteiger partial charge in [0.15, 0.2) is 0 Å². The Balaban J connectivity index is 1.86. The summed E-state index contributed by atoms with van der Waals surface area (Å²) in [6, 6.07) is 5.67. The minimum absolute atomic E-state index is 0.259. The van der Waals surface area contributed by atoms with E-state index in [2.05, 4.69) is 12.2 Å². The fourth-order valence-corrected chi connectivity index (χ4v) is 2.66. The first kappa shape index (κ1) is 14.9. The predicted molar refractivity (Wildman–Crippen MR) is 79.8 cm³/mol. The van der Waals surface area contributed by atoms with Crippen molar-refractivity contribution in [3.8, 4) is 5.75 Å². The molecule has 0 spiro atoms. The lowest BCUT2D eigenvalue weighted by Gasteiger charge is -2.28. The van der Waals surface area contributed by atoms with E-state index in [4.69, 9.17) is 0 Å². The maximum atomic E-state index is 12.2. The van der Waals surface area contributed by atoms with Crippen LogP contribution in [0.5, 0.6) is 5.75 Å². The summed E-state index contributed by atoms with van der Waals surface area (Å²) >= 11 is 0. The van der Waals surface area contributed by atoms with Gasteiger partial charge in [-0.05, 0) is 36.5 Å². The molecule has 0 bridgehead atoms. The number of hydrogen-bond donors (Lipinski definition) is 2. The Bertz CT molecular complexity index is 468. The molecule has 1 saturated heterocycles. The maximum absolute atomic E-state index is 12.2. The van der Waals surface area contributed by atoms with Crippen molar-refractivity contribution in [1.82, 2.24) is 10.2 Å². The molecule has 110 valence electrons. The van der Waals surface area contributed by atoms with Gasteiger partial charge in [0.1, 0.15) is 5.75 Å². The molecule has 4 nitrogen and oxygen atoms in total. The summed E-state index contributed by atoms with van der Waals surface area (Å²) in [6.07, 6.45) is 1.47. The minimum atomic E-state index is 0.259. The third kappa shape index (κ3) is 3.97. The van der Waals surface area contributed by atoms with Gasteiger partial charge in [0.05, 0.1) is 0 Å². The standard InChI is InChI=1S/C16H24N2O2/c1-12(9-14-3-4-15(19)13(2)11-14)10-16(20)18-7-5-17-6-8-18/h3-4,11-12,17,19H,5-10H2,1-2H3. The topological polar surface area (TPSA) is 52.6 Å². The van der Waals surface area contributed by atoms with E-state index in [-0.39, 0.29) is 5.91 Å². The average Bonchev–Trinajstić information content (AvgIpc) is 2.44. The molecule has 1 fully saturated rings. The van der Waals surface area contributed by atoms with Crippen molar-refractivity contribution in [2.24, 2.45) is 5.92 Å². The van der Waals surface area contributed by atoms with E-state index in [1.807, 2.05) is 24.0 Å². The molecule has 2 N–H and O–H groups in total.